The SMILES string of the molecule is O=C(O)C(=O)Cc1ccc(Oc2ccccc2)cc1. The second kappa shape index (κ2) is 5.82. The minimum atomic E-state index is -1.41. The van der Waals surface area contributed by atoms with Crippen LogP contribution >= 0.6 is 0 Å². The van der Waals surface area contributed by atoms with Gasteiger partial charge in [0.1, 0.15) is 11.5 Å². The van der Waals surface area contributed by atoms with E-state index in [2.05, 4.69) is 0 Å². The van der Waals surface area contributed by atoms with Crippen LogP contribution in [0.25, 0.3) is 0 Å². The largest absolute Gasteiger partial charge is 0.475 e. The Morgan fingerprint density at radius 1 is 0.895 bits per heavy atom. The van der Waals surface area contributed by atoms with Crippen molar-refractivity contribution in [2.45, 2.75) is 6.42 Å². The first kappa shape index (κ1) is 12.8. The number of hydrogen-bond donors (Lipinski definition) is 1. The lowest BCUT2D eigenvalue weighted by Crippen LogP contribution is -2.14. The molecular formula is C15H12O4. The number of carboxylic acid groups (broad SMARTS) is 1. The molecule has 0 aliphatic rings. The van der Waals surface area contributed by atoms with E-state index in [1.165, 1.54) is 0 Å². The van der Waals surface area contributed by atoms with Crippen molar-refractivity contribution in [2.24, 2.45) is 0 Å². The molecule has 0 saturated heterocycles. The van der Waals surface area contributed by atoms with Gasteiger partial charge in [-0.1, -0.05) is 30.3 Å². The van der Waals surface area contributed by atoms with Gasteiger partial charge in [0.05, 0.1) is 0 Å². The number of carboxylic acids is 1. The average molecular weight is 256 g/mol. The first-order valence-corrected chi connectivity index (χ1v) is 5.73. The Bertz CT molecular complexity index is 573. The summed E-state index contributed by atoms with van der Waals surface area (Å²) in [6, 6.07) is 16.1. The van der Waals surface area contributed by atoms with E-state index in [-0.39, 0.29) is 6.42 Å². The van der Waals surface area contributed by atoms with Gasteiger partial charge < -0.3 is 9.84 Å². The summed E-state index contributed by atoms with van der Waals surface area (Å²) in [6.07, 6.45) is -0.110. The van der Waals surface area contributed by atoms with Gasteiger partial charge >= 0.3 is 5.97 Å². The summed E-state index contributed by atoms with van der Waals surface area (Å²) in [6.45, 7) is 0. The van der Waals surface area contributed by atoms with Crippen molar-refractivity contribution in [1.82, 2.24) is 0 Å². The number of para-hydroxylation sites is 1. The van der Waals surface area contributed by atoms with E-state index in [0.717, 1.165) is 5.75 Å². The lowest BCUT2D eigenvalue weighted by atomic mass is 10.1. The van der Waals surface area contributed by atoms with E-state index >= 15 is 0 Å². The molecule has 0 aromatic heterocycles. The van der Waals surface area contributed by atoms with Crippen LogP contribution in [0, 0.1) is 0 Å². The van der Waals surface area contributed by atoms with Crippen LogP contribution in [-0.4, -0.2) is 16.9 Å². The van der Waals surface area contributed by atoms with Crippen LogP contribution in [0.3, 0.4) is 0 Å². The molecule has 0 atom stereocenters. The van der Waals surface area contributed by atoms with Gasteiger partial charge in [-0.05, 0) is 29.8 Å². The molecule has 0 heterocycles. The molecular weight excluding hydrogens is 244 g/mol. The van der Waals surface area contributed by atoms with Crippen molar-refractivity contribution in [1.29, 1.82) is 0 Å². The number of rotatable bonds is 5. The lowest BCUT2D eigenvalue weighted by molar-refractivity contribution is -0.148. The van der Waals surface area contributed by atoms with Gasteiger partial charge in [-0.3, -0.25) is 4.79 Å². The third-order valence-corrected chi connectivity index (χ3v) is 2.51. The normalized spacial score (nSPS) is 9.89. The highest BCUT2D eigenvalue weighted by Gasteiger charge is 2.11. The van der Waals surface area contributed by atoms with Gasteiger partial charge in [0, 0.05) is 6.42 Å². The molecule has 0 aliphatic carbocycles. The van der Waals surface area contributed by atoms with Crippen LogP contribution in [0.1, 0.15) is 5.56 Å². The molecule has 0 saturated carbocycles. The van der Waals surface area contributed by atoms with Crippen molar-refractivity contribution in [3.63, 3.8) is 0 Å². The van der Waals surface area contributed by atoms with Gasteiger partial charge in [0.2, 0.25) is 5.78 Å². The summed E-state index contributed by atoms with van der Waals surface area (Å²) in [5, 5.41) is 8.52. The first-order chi connectivity index (χ1) is 9.15. The average Bonchev–Trinajstić information content (AvgIpc) is 2.42. The summed E-state index contributed by atoms with van der Waals surface area (Å²) in [4.78, 5) is 21.5. The smallest absolute Gasteiger partial charge is 0.372 e. The third-order valence-electron chi connectivity index (χ3n) is 2.51. The Hall–Kier alpha value is -2.62. The van der Waals surface area contributed by atoms with Crippen molar-refractivity contribution in [2.75, 3.05) is 0 Å². The minimum Gasteiger partial charge on any atom is -0.475 e. The van der Waals surface area contributed by atoms with Gasteiger partial charge in [0.25, 0.3) is 0 Å². The number of carbonyl (C=O) groups is 2. The summed E-state index contributed by atoms with van der Waals surface area (Å²) >= 11 is 0. The highest BCUT2D eigenvalue weighted by atomic mass is 16.5. The topological polar surface area (TPSA) is 63.6 Å². The molecule has 0 bridgehead atoms. The molecule has 0 radical (unpaired) electrons. The van der Waals surface area contributed by atoms with Crippen molar-refractivity contribution >= 4 is 11.8 Å². The number of carbonyl (C=O) groups excluding carboxylic acids is 1. The fourth-order valence-electron chi connectivity index (χ4n) is 1.56. The Morgan fingerprint density at radius 2 is 1.47 bits per heavy atom. The highest BCUT2D eigenvalue weighted by Crippen LogP contribution is 2.21. The maximum absolute atomic E-state index is 11.1. The summed E-state index contributed by atoms with van der Waals surface area (Å²) in [7, 11) is 0. The number of hydrogen-bond acceptors (Lipinski definition) is 3. The second-order valence-corrected chi connectivity index (χ2v) is 3.96. The Morgan fingerprint density at radius 3 is 2.05 bits per heavy atom. The monoisotopic (exact) mass is 256 g/mol. The zero-order valence-electron chi connectivity index (χ0n) is 10.1. The fourth-order valence-corrected chi connectivity index (χ4v) is 1.56. The number of Topliss-reactive ketones (excluding diaryl/α,β-unsaturated/α-hetero) is 1. The number of ketones is 1. The quantitative estimate of drug-likeness (QED) is 0.835. The first-order valence-electron chi connectivity index (χ1n) is 5.73. The number of aliphatic carboxylic acids is 1. The third kappa shape index (κ3) is 3.67. The summed E-state index contributed by atoms with van der Waals surface area (Å²) in [5.74, 6) is -0.879. The van der Waals surface area contributed by atoms with Crippen LogP contribution in [0.2, 0.25) is 0 Å². The Balaban J connectivity index is 2.03. The van der Waals surface area contributed by atoms with Gasteiger partial charge in [0.15, 0.2) is 0 Å². The van der Waals surface area contributed by atoms with Crippen LogP contribution in [-0.2, 0) is 16.0 Å². The molecule has 19 heavy (non-hydrogen) atoms. The van der Waals surface area contributed by atoms with Crippen LogP contribution in [0.4, 0.5) is 0 Å². The molecule has 2 aromatic carbocycles. The van der Waals surface area contributed by atoms with Crippen LogP contribution < -0.4 is 4.74 Å². The van der Waals surface area contributed by atoms with Crippen LogP contribution in [0.5, 0.6) is 11.5 Å². The molecule has 0 spiro atoms. The molecule has 4 heteroatoms. The van der Waals surface area contributed by atoms with E-state index in [0.29, 0.717) is 11.3 Å². The Labute approximate surface area is 110 Å². The number of ether oxygens (including phenoxy) is 1. The number of benzene rings is 2. The summed E-state index contributed by atoms with van der Waals surface area (Å²) < 4.78 is 5.58. The zero-order valence-corrected chi connectivity index (χ0v) is 10.1. The predicted molar refractivity (Wildman–Crippen MR) is 69.3 cm³/mol. The molecule has 2 aromatic rings. The van der Waals surface area contributed by atoms with E-state index < -0.39 is 11.8 Å². The van der Waals surface area contributed by atoms with Crippen LogP contribution in [0.15, 0.2) is 54.6 Å². The highest BCUT2D eigenvalue weighted by molar-refractivity contribution is 6.33. The fraction of sp³-hybridized carbons (Fsp3) is 0.0667. The van der Waals surface area contributed by atoms with Crippen molar-refractivity contribution in [3.8, 4) is 11.5 Å². The maximum atomic E-state index is 11.1. The van der Waals surface area contributed by atoms with Crippen molar-refractivity contribution < 1.29 is 19.4 Å². The lowest BCUT2D eigenvalue weighted by Gasteiger charge is -2.06. The molecule has 0 aliphatic heterocycles. The molecule has 0 amide bonds. The summed E-state index contributed by atoms with van der Waals surface area (Å²) in [5.41, 5.74) is 0.646. The Kier molecular flexibility index (Phi) is 3.93. The van der Waals surface area contributed by atoms with E-state index in [1.54, 1.807) is 24.3 Å². The standard InChI is InChI=1S/C15H12O4/c16-14(15(17)18)10-11-6-8-13(9-7-11)19-12-4-2-1-3-5-12/h1-9H,10H2,(H,17,18). The van der Waals surface area contributed by atoms with Gasteiger partial charge in [-0.15, -0.1) is 0 Å². The van der Waals surface area contributed by atoms with Crippen molar-refractivity contribution in [3.05, 3.63) is 60.2 Å². The molecule has 4 nitrogen and oxygen atoms in total. The molecule has 2 rings (SSSR count). The zero-order chi connectivity index (χ0) is 13.7. The molecule has 0 unspecified atom stereocenters. The van der Waals surface area contributed by atoms with Gasteiger partial charge in [-0.25, -0.2) is 4.79 Å². The van der Waals surface area contributed by atoms with E-state index in [1.807, 2.05) is 30.3 Å². The molecule has 96 valence electrons. The maximum Gasteiger partial charge on any atom is 0.372 e. The molecule has 0 fully saturated rings. The van der Waals surface area contributed by atoms with Gasteiger partial charge in [-0.2, -0.15) is 0 Å². The molecule has 1 N–H and O–H groups in total. The second-order valence-electron chi connectivity index (χ2n) is 3.96. The predicted octanol–water partition coefficient (Wildman–Crippen LogP) is 2.68. The van der Waals surface area contributed by atoms with E-state index in [9.17, 15) is 9.59 Å². The minimum absolute atomic E-state index is 0.110. The van der Waals surface area contributed by atoms with E-state index in [4.69, 9.17) is 9.84 Å².